The van der Waals surface area contributed by atoms with Crippen molar-refractivity contribution >= 4 is 60.7 Å². The van der Waals surface area contributed by atoms with Gasteiger partial charge in [0, 0.05) is 60.7 Å². The van der Waals surface area contributed by atoms with Gasteiger partial charge in [-0.3, -0.25) is 25.3 Å². The largest absolute Gasteiger partial charge is 3.00 e. The molecular weight excluding hydrogens is 778 g/mol. The molecule has 20 heteroatoms. The Hall–Kier alpha value is 2.14. The van der Waals surface area contributed by atoms with E-state index in [9.17, 15) is 0 Å². The van der Waals surface area contributed by atoms with Gasteiger partial charge >= 0.3 is 44.8 Å². The summed E-state index contributed by atoms with van der Waals surface area (Å²) in [6, 6.07) is 0. The first-order valence-corrected chi connectivity index (χ1v) is 10.5. The third-order valence-corrected chi connectivity index (χ3v) is 3.00. The fraction of sp³-hybridized carbons (Fsp3) is 0. The van der Waals surface area contributed by atoms with Crippen molar-refractivity contribution in [3.63, 3.8) is 0 Å². The van der Waals surface area contributed by atoms with E-state index >= 15 is 0 Å². The average Bonchev–Trinajstić information content (AvgIpc) is 2.18. The molecule has 0 aliphatic rings. The van der Waals surface area contributed by atoms with Crippen molar-refractivity contribution in [2.45, 2.75) is 0 Å². The molecule has 0 heterocycles. The normalized spacial score (nSPS) is 17.7. The van der Waals surface area contributed by atoms with Crippen LogP contribution >= 0.6 is 0 Å². The summed E-state index contributed by atoms with van der Waals surface area (Å²) in [5.74, 6) is 0. The zero-order chi connectivity index (χ0) is 15.5. The SMILES string of the molecule is O=S([O-])S(=O)[O-].O=S([O-])S(=O)[O-].O=S([O-])S(=O)[O-].[Au+3].[Au+3]. The maximum absolute atomic E-state index is 9.09. The van der Waals surface area contributed by atoms with Gasteiger partial charge in [0.1, 0.15) is 0 Å². The van der Waals surface area contributed by atoms with Crippen molar-refractivity contribution in [2.24, 2.45) is 0 Å². The van der Waals surface area contributed by atoms with E-state index in [1.807, 2.05) is 0 Å². The van der Waals surface area contributed by atoms with Crippen LogP contribution in [0.4, 0.5) is 0 Å². The van der Waals surface area contributed by atoms with Gasteiger partial charge in [-0.25, -0.2) is 0 Å². The minimum atomic E-state index is -2.95. The Labute approximate surface area is 156 Å². The van der Waals surface area contributed by atoms with Crippen LogP contribution in [-0.4, -0.2) is 52.6 Å². The average molecular weight is 778 g/mol. The van der Waals surface area contributed by atoms with Crippen molar-refractivity contribution in [2.75, 3.05) is 0 Å². The van der Waals surface area contributed by atoms with E-state index in [-0.39, 0.29) is 44.8 Å². The molecule has 12 nitrogen and oxygen atoms in total. The zero-order valence-electron chi connectivity index (χ0n) is 7.95. The predicted octanol–water partition coefficient (Wildman–Crippen LogP) is -4.03. The van der Waals surface area contributed by atoms with Crippen LogP contribution < -0.4 is 0 Å². The maximum atomic E-state index is 9.09. The molecule has 130 valence electrons. The zero-order valence-corrected chi connectivity index (χ0v) is 17.2. The van der Waals surface area contributed by atoms with Gasteiger partial charge in [-0.2, -0.15) is 0 Å². The van der Waals surface area contributed by atoms with E-state index in [2.05, 4.69) is 0 Å². The molecule has 0 bridgehead atoms. The second-order valence-electron chi connectivity index (χ2n) is 1.22. The van der Waals surface area contributed by atoms with Crippen LogP contribution in [0.1, 0.15) is 0 Å². The monoisotopic (exact) mass is 778 g/mol. The van der Waals surface area contributed by atoms with Gasteiger partial charge in [-0.15, -0.1) is 0 Å². The first-order valence-electron chi connectivity index (χ1n) is 2.50. The molecule has 0 aromatic heterocycles. The maximum Gasteiger partial charge on any atom is 3.00 e. The van der Waals surface area contributed by atoms with Crippen molar-refractivity contribution in [3.8, 4) is 0 Å². The molecule has 0 aliphatic heterocycles. The first-order chi connectivity index (χ1) is 7.93. The van der Waals surface area contributed by atoms with E-state index in [1.165, 1.54) is 0 Å². The summed E-state index contributed by atoms with van der Waals surface area (Å²) in [6.07, 6.45) is 0. The van der Waals surface area contributed by atoms with Gasteiger partial charge in [0.15, 0.2) is 0 Å². The molecule has 0 aliphatic carbocycles. The van der Waals surface area contributed by atoms with Crippen LogP contribution in [0.2, 0.25) is 0 Å². The number of rotatable bonds is 3. The standard InChI is InChI=1S/2Au.3H2O4S2/c;;3*1-5(2)6(3)4/h;;3*(H,1,2)(H,3,4)/q2*+3;;;/p-6. The molecule has 0 spiro atoms. The molecule has 0 saturated heterocycles. The Bertz CT molecular complexity index is 281. The molecule has 0 radical (unpaired) electrons. The van der Waals surface area contributed by atoms with Crippen LogP contribution in [-0.2, 0) is 105 Å². The van der Waals surface area contributed by atoms with Gasteiger partial charge in [-0.05, 0) is 0 Å². The number of hydrogen-bond donors (Lipinski definition) is 0. The smallest absolute Gasteiger partial charge is 0.763 e. The van der Waals surface area contributed by atoms with Gasteiger partial charge in [0.25, 0.3) is 0 Å². The molecule has 0 aromatic carbocycles. The van der Waals surface area contributed by atoms with Crippen LogP contribution in [0.3, 0.4) is 0 Å². The topological polar surface area (TPSA) is 241 Å². The molecule has 6 unspecified atom stereocenters. The molecule has 20 heavy (non-hydrogen) atoms. The minimum Gasteiger partial charge on any atom is -0.763 e. The summed E-state index contributed by atoms with van der Waals surface area (Å²) >= 11 is 0. The molecule has 0 fully saturated rings. The third kappa shape index (κ3) is 36.9. The van der Waals surface area contributed by atoms with Crippen molar-refractivity contribution < 1.29 is 97.3 Å². The summed E-state index contributed by atoms with van der Waals surface area (Å²) in [7, 11) is -17.7. The van der Waals surface area contributed by atoms with Crippen molar-refractivity contribution in [3.05, 3.63) is 0 Å². The minimum absolute atomic E-state index is 0. The Morgan fingerprint density at radius 1 is 0.350 bits per heavy atom. The van der Waals surface area contributed by atoms with Gasteiger partial charge < -0.3 is 27.3 Å². The fourth-order valence-electron chi connectivity index (χ4n) is 0. The molecule has 0 rings (SSSR count). The molecule has 0 N–H and O–H groups in total. The predicted molar refractivity (Wildman–Crippen MR) is 53.5 cm³/mol. The Balaban J connectivity index is -0.0000000536. The molecule has 0 saturated carbocycles. The van der Waals surface area contributed by atoms with Crippen molar-refractivity contribution in [1.82, 2.24) is 0 Å². The number of hydrogen-bond acceptors (Lipinski definition) is 12. The van der Waals surface area contributed by atoms with Crippen LogP contribution in [0.5, 0.6) is 0 Å². The van der Waals surface area contributed by atoms with E-state index in [0.29, 0.717) is 0 Å². The first kappa shape index (κ1) is 33.7. The molecular formula is Au2O12S6. The molecule has 6 atom stereocenters. The molecule has 0 amide bonds. The molecule has 0 aromatic rings. The fourth-order valence-corrected chi connectivity index (χ4v) is 0. The van der Waals surface area contributed by atoms with Crippen LogP contribution in [0.25, 0.3) is 0 Å². The van der Waals surface area contributed by atoms with Gasteiger partial charge in [-0.1, -0.05) is 0 Å². The van der Waals surface area contributed by atoms with E-state index in [0.717, 1.165) is 0 Å². The van der Waals surface area contributed by atoms with E-state index < -0.39 is 60.7 Å². The quantitative estimate of drug-likeness (QED) is 0.151. The summed E-state index contributed by atoms with van der Waals surface area (Å²) in [5.41, 5.74) is 0. The van der Waals surface area contributed by atoms with Gasteiger partial charge in [0.05, 0.1) is 0 Å². The van der Waals surface area contributed by atoms with Crippen LogP contribution in [0, 0.1) is 0 Å². The Kier molecular flexibility index (Phi) is 35.6. The van der Waals surface area contributed by atoms with E-state index in [1.54, 1.807) is 0 Å². The summed E-state index contributed by atoms with van der Waals surface area (Å²) in [5, 5.41) is 0. The van der Waals surface area contributed by atoms with Crippen molar-refractivity contribution in [1.29, 1.82) is 0 Å². The second-order valence-corrected chi connectivity index (χ2v) is 8.57. The van der Waals surface area contributed by atoms with Crippen LogP contribution in [0.15, 0.2) is 0 Å². The summed E-state index contributed by atoms with van der Waals surface area (Å²) < 4.78 is 109. The van der Waals surface area contributed by atoms with Gasteiger partial charge in [0.2, 0.25) is 0 Å². The third-order valence-electron chi connectivity index (χ3n) is 0.333. The summed E-state index contributed by atoms with van der Waals surface area (Å²) in [4.78, 5) is 0. The Morgan fingerprint density at radius 3 is 0.400 bits per heavy atom. The Morgan fingerprint density at radius 2 is 0.400 bits per heavy atom. The second kappa shape index (κ2) is 21.1. The van der Waals surface area contributed by atoms with E-state index in [4.69, 9.17) is 52.6 Å². The summed E-state index contributed by atoms with van der Waals surface area (Å²) in [6.45, 7) is 0.